The van der Waals surface area contributed by atoms with Gasteiger partial charge in [-0.2, -0.15) is 0 Å². The van der Waals surface area contributed by atoms with E-state index < -0.39 is 0 Å². The SMILES string of the molecule is CCC(CC)Sc1ccc(C(OC)OC)cc1. The lowest BCUT2D eigenvalue weighted by Crippen LogP contribution is -2.03. The van der Waals surface area contributed by atoms with Crippen molar-refractivity contribution in [1.82, 2.24) is 0 Å². The molecular weight excluding hydrogens is 232 g/mol. The van der Waals surface area contributed by atoms with Crippen molar-refractivity contribution in [2.24, 2.45) is 0 Å². The summed E-state index contributed by atoms with van der Waals surface area (Å²) < 4.78 is 10.4. The summed E-state index contributed by atoms with van der Waals surface area (Å²) in [5.41, 5.74) is 1.06. The van der Waals surface area contributed by atoms with Gasteiger partial charge in [0, 0.05) is 29.9 Å². The molecule has 0 bridgehead atoms. The number of rotatable bonds is 7. The first-order chi connectivity index (χ1) is 8.24. The first-order valence-corrected chi connectivity index (χ1v) is 6.95. The van der Waals surface area contributed by atoms with E-state index >= 15 is 0 Å². The number of ether oxygens (including phenoxy) is 2. The van der Waals surface area contributed by atoms with Crippen LogP contribution in [0.4, 0.5) is 0 Å². The third-order valence-electron chi connectivity index (χ3n) is 2.79. The molecule has 0 heterocycles. The molecular formula is C14H22O2S. The van der Waals surface area contributed by atoms with Crippen LogP contribution < -0.4 is 0 Å². The van der Waals surface area contributed by atoms with Crippen molar-refractivity contribution in [3.8, 4) is 0 Å². The predicted molar refractivity (Wildman–Crippen MR) is 73.4 cm³/mol. The van der Waals surface area contributed by atoms with Crippen molar-refractivity contribution >= 4 is 11.8 Å². The van der Waals surface area contributed by atoms with E-state index in [0.29, 0.717) is 5.25 Å². The molecule has 0 aliphatic carbocycles. The Morgan fingerprint density at radius 2 is 1.53 bits per heavy atom. The van der Waals surface area contributed by atoms with Gasteiger partial charge in [0.2, 0.25) is 0 Å². The molecule has 96 valence electrons. The van der Waals surface area contributed by atoms with E-state index in [4.69, 9.17) is 9.47 Å². The highest BCUT2D eigenvalue weighted by atomic mass is 32.2. The summed E-state index contributed by atoms with van der Waals surface area (Å²) in [6.07, 6.45) is 2.16. The fourth-order valence-corrected chi connectivity index (χ4v) is 2.73. The molecule has 1 rings (SSSR count). The molecule has 1 aromatic carbocycles. The second-order valence-corrected chi connectivity index (χ2v) is 5.30. The molecule has 1 aromatic rings. The van der Waals surface area contributed by atoms with Gasteiger partial charge in [-0.05, 0) is 25.0 Å². The van der Waals surface area contributed by atoms with Gasteiger partial charge in [0.15, 0.2) is 6.29 Å². The molecule has 0 aliphatic rings. The van der Waals surface area contributed by atoms with E-state index in [-0.39, 0.29) is 6.29 Å². The zero-order valence-corrected chi connectivity index (χ0v) is 11.9. The molecule has 0 aliphatic heterocycles. The van der Waals surface area contributed by atoms with Gasteiger partial charge in [0.05, 0.1) is 0 Å². The lowest BCUT2D eigenvalue weighted by molar-refractivity contribution is -0.106. The second kappa shape index (κ2) is 7.75. The predicted octanol–water partition coefficient (Wildman–Crippen LogP) is 4.26. The van der Waals surface area contributed by atoms with E-state index in [2.05, 4.69) is 38.1 Å². The first kappa shape index (κ1) is 14.6. The van der Waals surface area contributed by atoms with Crippen molar-refractivity contribution in [2.45, 2.75) is 43.1 Å². The van der Waals surface area contributed by atoms with Crippen LogP contribution in [0.3, 0.4) is 0 Å². The van der Waals surface area contributed by atoms with Gasteiger partial charge < -0.3 is 9.47 Å². The molecule has 17 heavy (non-hydrogen) atoms. The lowest BCUT2D eigenvalue weighted by atomic mass is 10.2. The monoisotopic (exact) mass is 254 g/mol. The van der Waals surface area contributed by atoms with Gasteiger partial charge in [0.25, 0.3) is 0 Å². The Labute approximate surface area is 109 Å². The van der Waals surface area contributed by atoms with Crippen LogP contribution in [0.15, 0.2) is 29.2 Å². The Bertz CT molecular complexity index is 303. The Hall–Kier alpha value is -0.510. The summed E-state index contributed by atoms with van der Waals surface area (Å²) in [5.74, 6) is 0. The maximum absolute atomic E-state index is 5.22. The molecule has 0 fully saturated rings. The van der Waals surface area contributed by atoms with E-state index in [0.717, 1.165) is 5.56 Å². The molecule has 0 saturated heterocycles. The molecule has 0 aromatic heterocycles. The summed E-state index contributed by atoms with van der Waals surface area (Å²) in [7, 11) is 3.31. The van der Waals surface area contributed by atoms with Crippen LogP contribution in [0.2, 0.25) is 0 Å². The minimum atomic E-state index is -0.262. The van der Waals surface area contributed by atoms with Crippen molar-refractivity contribution < 1.29 is 9.47 Å². The Morgan fingerprint density at radius 1 is 1.00 bits per heavy atom. The average Bonchev–Trinajstić information content (AvgIpc) is 2.39. The van der Waals surface area contributed by atoms with Crippen LogP contribution in [0.1, 0.15) is 38.5 Å². The van der Waals surface area contributed by atoms with Crippen LogP contribution in [0, 0.1) is 0 Å². The standard InChI is InChI=1S/C14H22O2S/c1-5-12(6-2)17-13-9-7-11(8-10-13)14(15-3)16-4/h7-10,12,14H,5-6H2,1-4H3. The van der Waals surface area contributed by atoms with Crippen molar-refractivity contribution in [1.29, 1.82) is 0 Å². The summed E-state index contributed by atoms with van der Waals surface area (Å²) in [4.78, 5) is 1.31. The largest absolute Gasteiger partial charge is 0.352 e. The van der Waals surface area contributed by atoms with E-state index in [9.17, 15) is 0 Å². The van der Waals surface area contributed by atoms with Gasteiger partial charge in [-0.25, -0.2) is 0 Å². The molecule has 0 amide bonds. The minimum absolute atomic E-state index is 0.262. The van der Waals surface area contributed by atoms with E-state index in [1.54, 1.807) is 14.2 Å². The Kier molecular flexibility index (Phi) is 6.63. The normalized spacial score (nSPS) is 11.4. The van der Waals surface area contributed by atoms with Crippen LogP contribution in [-0.4, -0.2) is 19.5 Å². The summed E-state index contributed by atoms with van der Waals surface area (Å²) >= 11 is 1.94. The Balaban J connectivity index is 2.67. The molecule has 0 radical (unpaired) electrons. The van der Waals surface area contributed by atoms with Gasteiger partial charge in [0.1, 0.15) is 0 Å². The number of methoxy groups -OCH3 is 2. The quantitative estimate of drug-likeness (QED) is 0.535. The highest BCUT2D eigenvalue weighted by Gasteiger charge is 2.09. The molecule has 3 heteroatoms. The fourth-order valence-electron chi connectivity index (χ4n) is 1.72. The molecule has 0 spiro atoms. The second-order valence-electron chi connectivity index (χ2n) is 3.93. The van der Waals surface area contributed by atoms with Crippen LogP contribution in [0.5, 0.6) is 0 Å². The third-order valence-corrected chi connectivity index (χ3v) is 4.34. The molecule has 0 unspecified atom stereocenters. The lowest BCUT2D eigenvalue weighted by Gasteiger charge is -2.15. The number of hydrogen-bond donors (Lipinski definition) is 0. The first-order valence-electron chi connectivity index (χ1n) is 6.07. The van der Waals surface area contributed by atoms with E-state index in [1.807, 2.05) is 11.8 Å². The smallest absolute Gasteiger partial charge is 0.183 e. The van der Waals surface area contributed by atoms with Crippen molar-refractivity contribution in [2.75, 3.05) is 14.2 Å². The van der Waals surface area contributed by atoms with Gasteiger partial charge in [-0.1, -0.05) is 26.0 Å². The average molecular weight is 254 g/mol. The zero-order valence-electron chi connectivity index (χ0n) is 11.1. The zero-order chi connectivity index (χ0) is 12.7. The topological polar surface area (TPSA) is 18.5 Å². The summed E-state index contributed by atoms with van der Waals surface area (Å²) in [6, 6.07) is 8.43. The van der Waals surface area contributed by atoms with Gasteiger partial charge in [-0.3, -0.25) is 0 Å². The summed E-state index contributed by atoms with van der Waals surface area (Å²) in [6.45, 7) is 4.48. The maximum atomic E-state index is 5.22. The maximum Gasteiger partial charge on any atom is 0.183 e. The van der Waals surface area contributed by atoms with E-state index in [1.165, 1.54) is 17.7 Å². The molecule has 0 saturated carbocycles. The molecule has 2 nitrogen and oxygen atoms in total. The summed E-state index contributed by atoms with van der Waals surface area (Å²) in [5, 5.41) is 0.710. The van der Waals surface area contributed by atoms with Gasteiger partial charge in [-0.15, -0.1) is 11.8 Å². The molecule has 0 N–H and O–H groups in total. The highest BCUT2D eigenvalue weighted by Crippen LogP contribution is 2.28. The highest BCUT2D eigenvalue weighted by molar-refractivity contribution is 8.00. The van der Waals surface area contributed by atoms with Gasteiger partial charge >= 0.3 is 0 Å². The van der Waals surface area contributed by atoms with Crippen molar-refractivity contribution in [3.05, 3.63) is 29.8 Å². The number of thioether (sulfide) groups is 1. The van der Waals surface area contributed by atoms with Crippen molar-refractivity contribution in [3.63, 3.8) is 0 Å². The fraction of sp³-hybridized carbons (Fsp3) is 0.571. The van der Waals surface area contributed by atoms with Crippen LogP contribution >= 0.6 is 11.8 Å². The Morgan fingerprint density at radius 3 is 1.94 bits per heavy atom. The van der Waals surface area contributed by atoms with Crippen LogP contribution in [-0.2, 0) is 9.47 Å². The van der Waals surface area contributed by atoms with Crippen LogP contribution in [0.25, 0.3) is 0 Å². The third kappa shape index (κ3) is 4.34. The molecule has 0 atom stereocenters. The number of benzene rings is 1. The number of hydrogen-bond acceptors (Lipinski definition) is 3. The minimum Gasteiger partial charge on any atom is -0.352 e.